The molecule has 0 unspecified atom stereocenters. The van der Waals surface area contributed by atoms with Crippen LogP contribution in [0.4, 0.5) is 11.5 Å². The van der Waals surface area contributed by atoms with Gasteiger partial charge in [0, 0.05) is 18.8 Å². The molecule has 1 aliphatic rings. The first-order valence-electron chi connectivity index (χ1n) is 8.09. The molecular weight excluding hydrogens is 288 g/mol. The first-order valence-corrected chi connectivity index (χ1v) is 8.09. The van der Waals surface area contributed by atoms with E-state index in [4.69, 9.17) is 0 Å². The number of rotatable bonds is 3. The van der Waals surface area contributed by atoms with Crippen molar-refractivity contribution in [2.75, 3.05) is 18.4 Å². The van der Waals surface area contributed by atoms with Crippen molar-refractivity contribution < 1.29 is 4.79 Å². The van der Waals surface area contributed by atoms with Crippen molar-refractivity contribution in [3.05, 3.63) is 47.7 Å². The zero-order valence-electron chi connectivity index (χ0n) is 13.6. The molecule has 1 aliphatic heterocycles. The summed E-state index contributed by atoms with van der Waals surface area (Å²) in [6, 6.07) is 11.5. The summed E-state index contributed by atoms with van der Waals surface area (Å²) >= 11 is 0. The number of anilines is 2. The molecule has 0 radical (unpaired) electrons. The van der Waals surface area contributed by atoms with Crippen LogP contribution in [-0.4, -0.2) is 34.1 Å². The summed E-state index contributed by atoms with van der Waals surface area (Å²) in [5, 5.41) is 11.5. The number of benzene rings is 1. The molecule has 1 N–H and O–H groups in total. The minimum atomic E-state index is -0.0214. The Bertz CT molecular complexity index is 676. The van der Waals surface area contributed by atoms with Gasteiger partial charge in [-0.1, -0.05) is 25.1 Å². The summed E-state index contributed by atoms with van der Waals surface area (Å²) in [5.74, 6) is 1.32. The maximum Gasteiger partial charge on any atom is 0.274 e. The van der Waals surface area contributed by atoms with Gasteiger partial charge in [-0.3, -0.25) is 4.79 Å². The number of nitrogens with zero attached hydrogens (tertiary/aromatic N) is 3. The Kier molecular flexibility index (Phi) is 4.55. The smallest absolute Gasteiger partial charge is 0.274 e. The maximum absolute atomic E-state index is 12.4. The number of likely N-dealkylation sites (tertiary alicyclic amines) is 1. The van der Waals surface area contributed by atoms with Crippen molar-refractivity contribution in [2.45, 2.75) is 26.7 Å². The molecule has 1 amide bonds. The normalized spacial score (nSPS) is 15.5. The second-order valence-corrected chi connectivity index (χ2v) is 6.22. The molecular formula is C18H22N4O. The lowest BCUT2D eigenvalue weighted by Gasteiger charge is -2.29. The molecule has 5 nitrogen and oxygen atoms in total. The lowest BCUT2D eigenvalue weighted by molar-refractivity contribution is 0.0690. The SMILES string of the molecule is Cc1ccccc1Nc1ccc(C(=O)N2CCC(C)CC2)nn1. The van der Waals surface area contributed by atoms with Crippen molar-refractivity contribution in [3.8, 4) is 0 Å². The zero-order valence-corrected chi connectivity index (χ0v) is 13.6. The third-order valence-electron chi connectivity index (χ3n) is 4.36. The van der Waals surface area contributed by atoms with E-state index in [1.165, 1.54) is 0 Å². The van der Waals surface area contributed by atoms with E-state index in [9.17, 15) is 4.79 Å². The number of amides is 1. The molecule has 2 heterocycles. The number of para-hydroxylation sites is 1. The van der Waals surface area contributed by atoms with E-state index in [0.717, 1.165) is 37.2 Å². The number of piperidine rings is 1. The summed E-state index contributed by atoms with van der Waals surface area (Å²) < 4.78 is 0. The van der Waals surface area contributed by atoms with Crippen LogP contribution in [0.1, 0.15) is 35.8 Å². The fourth-order valence-electron chi connectivity index (χ4n) is 2.74. The van der Waals surface area contributed by atoms with Crippen LogP contribution in [0.5, 0.6) is 0 Å². The van der Waals surface area contributed by atoms with Gasteiger partial charge in [0.2, 0.25) is 0 Å². The summed E-state index contributed by atoms with van der Waals surface area (Å²) in [6.07, 6.45) is 2.12. The van der Waals surface area contributed by atoms with Crippen molar-refractivity contribution in [1.29, 1.82) is 0 Å². The van der Waals surface area contributed by atoms with Gasteiger partial charge in [0.1, 0.15) is 0 Å². The van der Waals surface area contributed by atoms with Crippen LogP contribution in [0.2, 0.25) is 0 Å². The second-order valence-electron chi connectivity index (χ2n) is 6.22. The van der Waals surface area contributed by atoms with E-state index >= 15 is 0 Å². The summed E-state index contributed by atoms with van der Waals surface area (Å²) in [7, 11) is 0. The van der Waals surface area contributed by atoms with E-state index in [0.29, 0.717) is 17.4 Å². The van der Waals surface area contributed by atoms with Gasteiger partial charge in [-0.15, -0.1) is 10.2 Å². The van der Waals surface area contributed by atoms with Crippen LogP contribution in [-0.2, 0) is 0 Å². The Balaban J connectivity index is 1.67. The Morgan fingerprint density at radius 1 is 1.13 bits per heavy atom. The Labute approximate surface area is 136 Å². The van der Waals surface area contributed by atoms with E-state index < -0.39 is 0 Å². The number of carbonyl (C=O) groups is 1. The minimum absolute atomic E-state index is 0.0214. The molecule has 120 valence electrons. The molecule has 3 rings (SSSR count). The van der Waals surface area contributed by atoms with E-state index in [1.54, 1.807) is 12.1 Å². The number of nitrogens with one attached hydrogen (secondary N) is 1. The molecule has 5 heteroatoms. The standard InChI is InChI=1S/C18H22N4O/c1-13-9-11-22(12-10-13)18(23)16-7-8-17(21-20-16)19-15-6-4-3-5-14(15)2/h3-8,13H,9-12H2,1-2H3,(H,19,21). The first kappa shape index (κ1) is 15.5. The average Bonchev–Trinajstić information content (AvgIpc) is 2.58. The number of aryl methyl sites for hydroxylation is 1. The van der Waals surface area contributed by atoms with E-state index in [1.807, 2.05) is 36.1 Å². The highest BCUT2D eigenvalue weighted by molar-refractivity contribution is 5.92. The number of hydrogen-bond donors (Lipinski definition) is 1. The number of aromatic nitrogens is 2. The fourth-order valence-corrected chi connectivity index (χ4v) is 2.74. The van der Waals surface area contributed by atoms with Gasteiger partial charge in [-0.2, -0.15) is 0 Å². The van der Waals surface area contributed by atoms with Crippen molar-refractivity contribution in [1.82, 2.24) is 15.1 Å². The number of hydrogen-bond acceptors (Lipinski definition) is 4. The second kappa shape index (κ2) is 6.77. The average molecular weight is 310 g/mol. The maximum atomic E-state index is 12.4. The van der Waals surface area contributed by atoms with Gasteiger partial charge in [-0.25, -0.2) is 0 Å². The van der Waals surface area contributed by atoms with Gasteiger partial charge in [-0.05, 0) is 49.4 Å². The van der Waals surface area contributed by atoms with Crippen molar-refractivity contribution >= 4 is 17.4 Å². The monoisotopic (exact) mass is 310 g/mol. The molecule has 23 heavy (non-hydrogen) atoms. The van der Waals surface area contributed by atoms with Crippen LogP contribution in [0.3, 0.4) is 0 Å². The van der Waals surface area contributed by atoms with Gasteiger partial charge >= 0.3 is 0 Å². The van der Waals surface area contributed by atoms with Gasteiger partial charge < -0.3 is 10.2 Å². The van der Waals surface area contributed by atoms with Crippen LogP contribution < -0.4 is 5.32 Å². The molecule has 0 atom stereocenters. The molecule has 1 fully saturated rings. The Hall–Kier alpha value is -2.43. The summed E-state index contributed by atoms with van der Waals surface area (Å²) in [4.78, 5) is 14.3. The predicted molar refractivity (Wildman–Crippen MR) is 90.8 cm³/mol. The highest BCUT2D eigenvalue weighted by Gasteiger charge is 2.22. The lowest BCUT2D eigenvalue weighted by Crippen LogP contribution is -2.38. The Morgan fingerprint density at radius 2 is 1.87 bits per heavy atom. The van der Waals surface area contributed by atoms with Crippen LogP contribution in [0.15, 0.2) is 36.4 Å². The number of carbonyl (C=O) groups excluding carboxylic acids is 1. The van der Waals surface area contributed by atoms with Crippen molar-refractivity contribution in [2.24, 2.45) is 5.92 Å². The van der Waals surface area contributed by atoms with Gasteiger partial charge in [0.25, 0.3) is 5.91 Å². The third kappa shape index (κ3) is 3.67. The lowest BCUT2D eigenvalue weighted by atomic mass is 9.99. The first-order chi connectivity index (χ1) is 11.1. The molecule has 0 spiro atoms. The van der Waals surface area contributed by atoms with Crippen LogP contribution >= 0.6 is 0 Å². The quantitative estimate of drug-likeness (QED) is 0.944. The summed E-state index contributed by atoms with van der Waals surface area (Å²) in [6.45, 7) is 5.88. The third-order valence-corrected chi connectivity index (χ3v) is 4.36. The highest BCUT2D eigenvalue weighted by atomic mass is 16.2. The fraction of sp³-hybridized carbons (Fsp3) is 0.389. The molecule has 1 saturated heterocycles. The molecule has 0 bridgehead atoms. The molecule has 1 aromatic heterocycles. The van der Waals surface area contributed by atoms with E-state index in [2.05, 4.69) is 22.4 Å². The van der Waals surface area contributed by atoms with Gasteiger partial charge in [0.05, 0.1) is 0 Å². The summed E-state index contributed by atoms with van der Waals surface area (Å²) in [5.41, 5.74) is 2.54. The molecule has 0 saturated carbocycles. The molecule has 1 aromatic carbocycles. The minimum Gasteiger partial charge on any atom is -0.339 e. The largest absolute Gasteiger partial charge is 0.339 e. The van der Waals surface area contributed by atoms with Gasteiger partial charge in [0.15, 0.2) is 11.5 Å². The van der Waals surface area contributed by atoms with Crippen LogP contribution in [0.25, 0.3) is 0 Å². The van der Waals surface area contributed by atoms with Crippen LogP contribution in [0, 0.1) is 12.8 Å². The zero-order chi connectivity index (χ0) is 16.2. The van der Waals surface area contributed by atoms with E-state index in [-0.39, 0.29) is 5.91 Å². The van der Waals surface area contributed by atoms with Crippen molar-refractivity contribution in [3.63, 3.8) is 0 Å². The molecule has 0 aliphatic carbocycles. The predicted octanol–water partition coefficient (Wildman–Crippen LogP) is 3.40. The Morgan fingerprint density at radius 3 is 2.52 bits per heavy atom. The topological polar surface area (TPSA) is 58.1 Å². The molecule has 2 aromatic rings. The highest BCUT2D eigenvalue weighted by Crippen LogP contribution is 2.20.